The average Bonchev–Trinajstić information content (AvgIpc) is 3.07. The summed E-state index contributed by atoms with van der Waals surface area (Å²) < 4.78 is 0. The number of carboxylic acid groups (broad SMARTS) is 1. The summed E-state index contributed by atoms with van der Waals surface area (Å²) in [7, 11) is 0. The molecule has 7 nitrogen and oxygen atoms in total. The zero-order valence-corrected chi connectivity index (χ0v) is 16.3. The maximum Gasteiger partial charge on any atom is 0.329 e. The van der Waals surface area contributed by atoms with E-state index in [1.165, 1.54) is 11.8 Å². The Bertz CT molecular complexity index is 914. The van der Waals surface area contributed by atoms with Gasteiger partial charge in [0.15, 0.2) is 0 Å². The highest BCUT2D eigenvalue weighted by Gasteiger charge is 2.32. The molecule has 0 saturated carbocycles. The van der Waals surface area contributed by atoms with Crippen LogP contribution in [0.3, 0.4) is 0 Å². The number of hydrogen-bond donors (Lipinski definition) is 3. The third-order valence-corrected chi connectivity index (χ3v) is 5.43. The van der Waals surface area contributed by atoms with Crippen LogP contribution in [-0.4, -0.2) is 42.3 Å². The molecule has 0 radical (unpaired) electrons. The zero-order valence-electron chi connectivity index (χ0n) is 15.5. The fraction of sp³-hybridized carbons (Fsp3) is 0.250. The number of benzene rings is 2. The van der Waals surface area contributed by atoms with Crippen LogP contribution in [0, 0.1) is 5.41 Å². The number of amides is 2. The number of anilines is 2. The highest BCUT2D eigenvalue weighted by atomic mass is 32.2. The molecule has 0 aromatic heterocycles. The number of rotatable bonds is 7. The van der Waals surface area contributed by atoms with Crippen molar-refractivity contribution in [1.29, 1.82) is 5.41 Å². The number of nitrogens with one attached hydrogen (secondary N) is 1. The molecule has 1 aliphatic heterocycles. The third kappa shape index (κ3) is 4.12. The fourth-order valence-electron chi connectivity index (χ4n) is 3.16. The lowest BCUT2D eigenvalue weighted by Crippen LogP contribution is -2.32. The molecule has 8 heteroatoms. The lowest BCUT2D eigenvalue weighted by molar-refractivity contribution is -0.136. The van der Waals surface area contributed by atoms with E-state index in [2.05, 4.69) is 0 Å². The molecule has 0 unspecified atom stereocenters. The molecular weight excluding hydrogens is 376 g/mol. The van der Waals surface area contributed by atoms with E-state index in [4.69, 9.17) is 16.2 Å². The number of hydrogen-bond acceptors (Lipinski definition) is 4. The van der Waals surface area contributed by atoms with E-state index in [1.54, 1.807) is 15.9 Å². The van der Waals surface area contributed by atoms with E-state index in [0.717, 1.165) is 21.8 Å². The summed E-state index contributed by atoms with van der Waals surface area (Å²) >= 11 is 1.51. The Morgan fingerprint density at radius 1 is 1.18 bits per heavy atom. The number of aryl methyl sites for hydroxylation is 1. The Morgan fingerprint density at radius 3 is 2.46 bits per heavy atom. The highest BCUT2D eigenvalue weighted by Crippen LogP contribution is 2.33. The van der Waals surface area contributed by atoms with Crippen molar-refractivity contribution in [2.75, 3.05) is 29.1 Å². The number of nitrogens with two attached hydrogens (primary N) is 1. The normalized spacial score (nSPS) is 13.8. The minimum absolute atomic E-state index is 0.000729. The molecule has 1 saturated heterocycles. The maximum absolute atomic E-state index is 13.0. The van der Waals surface area contributed by atoms with Crippen molar-refractivity contribution in [3.63, 3.8) is 0 Å². The average molecular weight is 398 g/mol. The number of carbonyl (C=O) groups excluding carboxylic acids is 1. The van der Waals surface area contributed by atoms with Crippen LogP contribution in [0.25, 0.3) is 0 Å². The zero-order chi connectivity index (χ0) is 20.3. The SMILES string of the molecule is CSc1cc(C(=N)N)ccc1N1CCN(c2ccc(CCC(=O)O)cc2)C1=O. The molecule has 1 aliphatic rings. The van der Waals surface area contributed by atoms with Gasteiger partial charge < -0.3 is 10.8 Å². The van der Waals surface area contributed by atoms with Crippen LogP contribution in [0.5, 0.6) is 0 Å². The Kier molecular flexibility index (Phi) is 5.89. The van der Waals surface area contributed by atoms with Gasteiger partial charge in [-0.05, 0) is 48.6 Å². The van der Waals surface area contributed by atoms with E-state index in [-0.39, 0.29) is 18.3 Å². The van der Waals surface area contributed by atoms with Crippen molar-refractivity contribution in [2.45, 2.75) is 17.7 Å². The number of carboxylic acids is 1. The summed E-state index contributed by atoms with van der Waals surface area (Å²) in [5.74, 6) is -0.825. The van der Waals surface area contributed by atoms with Gasteiger partial charge in [0.25, 0.3) is 0 Å². The summed E-state index contributed by atoms with van der Waals surface area (Å²) in [4.78, 5) is 28.0. The van der Waals surface area contributed by atoms with Gasteiger partial charge in [-0.25, -0.2) is 4.79 Å². The molecule has 0 atom stereocenters. The fourth-order valence-corrected chi connectivity index (χ4v) is 3.79. The molecule has 4 N–H and O–H groups in total. The smallest absolute Gasteiger partial charge is 0.329 e. The van der Waals surface area contributed by atoms with Gasteiger partial charge in [-0.3, -0.25) is 20.0 Å². The van der Waals surface area contributed by atoms with E-state index in [1.807, 2.05) is 42.7 Å². The number of thioether (sulfide) groups is 1. The number of carbonyl (C=O) groups is 2. The van der Waals surface area contributed by atoms with Gasteiger partial charge in [-0.2, -0.15) is 0 Å². The lowest BCUT2D eigenvalue weighted by atomic mass is 10.1. The highest BCUT2D eigenvalue weighted by molar-refractivity contribution is 7.98. The number of nitrogen functional groups attached to an aromatic ring is 1. The van der Waals surface area contributed by atoms with Crippen molar-refractivity contribution < 1.29 is 14.7 Å². The van der Waals surface area contributed by atoms with E-state index >= 15 is 0 Å². The molecule has 2 aromatic rings. The first kappa shape index (κ1) is 19.8. The summed E-state index contributed by atoms with van der Waals surface area (Å²) in [6.45, 7) is 1.13. The third-order valence-electron chi connectivity index (χ3n) is 4.67. The molecule has 0 aliphatic carbocycles. The van der Waals surface area contributed by atoms with Crippen molar-refractivity contribution in [1.82, 2.24) is 0 Å². The van der Waals surface area contributed by atoms with Crippen molar-refractivity contribution in [3.8, 4) is 0 Å². The molecule has 3 rings (SSSR count). The molecule has 146 valence electrons. The minimum Gasteiger partial charge on any atom is -0.481 e. The Labute approximate surface area is 167 Å². The van der Waals surface area contributed by atoms with Gasteiger partial charge in [-0.1, -0.05) is 12.1 Å². The summed E-state index contributed by atoms with van der Waals surface area (Å²) in [5.41, 5.74) is 8.73. The van der Waals surface area contributed by atoms with E-state index in [0.29, 0.717) is 25.1 Å². The number of urea groups is 1. The van der Waals surface area contributed by atoms with Crippen LogP contribution in [0.1, 0.15) is 17.5 Å². The lowest BCUT2D eigenvalue weighted by Gasteiger charge is -2.21. The van der Waals surface area contributed by atoms with Crippen molar-refractivity contribution in [2.24, 2.45) is 5.73 Å². The van der Waals surface area contributed by atoms with Crippen molar-refractivity contribution in [3.05, 3.63) is 53.6 Å². The molecule has 0 spiro atoms. The van der Waals surface area contributed by atoms with Gasteiger partial charge >= 0.3 is 12.0 Å². The number of aliphatic carboxylic acids is 1. The number of nitrogens with zero attached hydrogens (tertiary/aromatic N) is 2. The van der Waals surface area contributed by atoms with Gasteiger partial charge in [0.2, 0.25) is 0 Å². The Hall–Kier alpha value is -3.00. The first-order valence-electron chi connectivity index (χ1n) is 8.83. The van der Waals surface area contributed by atoms with Gasteiger partial charge in [-0.15, -0.1) is 11.8 Å². The van der Waals surface area contributed by atoms with Gasteiger partial charge in [0.1, 0.15) is 5.84 Å². The van der Waals surface area contributed by atoms with Gasteiger partial charge in [0.05, 0.1) is 5.69 Å². The Balaban J connectivity index is 1.78. The first-order valence-corrected chi connectivity index (χ1v) is 10.1. The predicted octanol–water partition coefficient (Wildman–Crippen LogP) is 3.16. The number of amidine groups is 1. The first-order chi connectivity index (χ1) is 13.4. The molecule has 2 aromatic carbocycles. The molecule has 1 heterocycles. The van der Waals surface area contributed by atoms with Crippen LogP contribution in [0.4, 0.5) is 16.2 Å². The second kappa shape index (κ2) is 8.35. The van der Waals surface area contributed by atoms with Crippen LogP contribution >= 0.6 is 11.8 Å². The minimum atomic E-state index is -0.824. The predicted molar refractivity (Wildman–Crippen MR) is 112 cm³/mol. The van der Waals surface area contributed by atoms with Gasteiger partial charge in [0, 0.05) is 35.7 Å². The quantitative estimate of drug-likeness (QED) is 0.377. The molecular formula is C20H22N4O3S. The monoisotopic (exact) mass is 398 g/mol. The van der Waals surface area contributed by atoms with E-state index in [9.17, 15) is 9.59 Å². The molecule has 2 amide bonds. The topological polar surface area (TPSA) is 111 Å². The second-order valence-corrected chi connectivity index (χ2v) is 7.29. The van der Waals surface area contributed by atoms with Crippen molar-refractivity contribution >= 4 is 41.0 Å². The van der Waals surface area contributed by atoms with Crippen LogP contribution in [0.2, 0.25) is 0 Å². The van der Waals surface area contributed by atoms with E-state index < -0.39 is 5.97 Å². The Morgan fingerprint density at radius 2 is 1.86 bits per heavy atom. The largest absolute Gasteiger partial charge is 0.481 e. The summed E-state index contributed by atoms with van der Waals surface area (Å²) in [6, 6.07) is 12.7. The maximum atomic E-state index is 13.0. The van der Waals surface area contributed by atoms with Crippen LogP contribution in [0.15, 0.2) is 47.4 Å². The van der Waals surface area contributed by atoms with Crippen LogP contribution in [-0.2, 0) is 11.2 Å². The second-order valence-electron chi connectivity index (χ2n) is 6.45. The summed E-state index contributed by atoms with van der Waals surface area (Å²) in [6.07, 6.45) is 2.48. The summed E-state index contributed by atoms with van der Waals surface area (Å²) in [5, 5.41) is 16.4. The standard InChI is InChI=1S/C20H22N4O3S/c1-28-17-12-14(19(21)22)5-8-16(17)24-11-10-23(20(24)27)15-6-2-13(3-7-15)4-9-18(25)26/h2-3,5-8,12H,4,9-11H2,1H3,(H3,21,22)(H,25,26). The van der Waals surface area contributed by atoms with Crippen LogP contribution < -0.4 is 15.5 Å². The molecule has 1 fully saturated rings. The molecule has 28 heavy (non-hydrogen) atoms. The molecule has 0 bridgehead atoms.